The Labute approximate surface area is 475 Å². The van der Waals surface area contributed by atoms with Crippen LogP contribution < -0.4 is 21.3 Å². The fourth-order valence-corrected chi connectivity index (χ4v) is 11.2. The van der Waals surface area contributed by atoms with Crippen LogP contribution in [0, 0.1) is 29.6 Å². The van der Waals surface area contributed by atoms with Crippen molar-refractivity contribution in [1.82, 2.24) is 36.0 Å². The topological polar surface area (TPSA) is 239 Å². The van der Waals surface area contributed by atoms with Crippen LogP contribution in [0.25, 0.3) is 0 Å². The predicted molar refractivity (Wildman–Crippen MR) is 304 cm³/mol. The Hall–Kier alpha value is -6.05. The molecule has 19 nitrogen and oxygen atoms in total. The fourth-order valence-electron chi connectivity index (χ4n) is 11.2. The van der Waals surface area contributed by atoms with Crippen molar-refractivity contribution in [3.8, 4) is 0 Å². The maximum atomic E-state index is 14.8. The molecule has 2 aromatic rings. The van der Waals surface area contributed by atoms with Gasteiger partial charge in [-0.25, -0.2) is 4.79 Å². The average molecular weight is 1120 g/mol. The number of likely N-dealkylation sites (N-methyl/N-ethyl adjacent to an activating group) is 2. The highest BCUT2D eigenvalue weighted by molar-refractivity contribution is 6.12. The number of rotatable bonds is 32. The summed E-state index contributed by atoms with van der Waals surface area (Å²) in [5, 5.41) is 11.8. The van der Waals surface area contributed by atoms with Gasteiger partial charge in [0.15, 0.2) is 11.6 Å². The number of nitrogens with zero attached hydrogens (tertiary/aromatic N) is 3. The quantitative estimate of drug-likeness (QED) is 0.0545. The molecule has 1 aliphatic carbocycles. The number of carbonyl (C=O) groups is 9. The molecule has 0 radical (unpaired) electrons. The van der Waals surface area contributed by atoms with Crippen LogP contribution in [0.2, 0.25) is 0 Å². The van der Waals surface area contributed by atoms with Gasteiger partial charge in [0.1, 0.15) is 18.1 Å². The Bertz CT molecular complexity index is 2350. The zero-order chi connectivity index (χ0) is 59.4. The van der Waals surface area contributed by atoms with Gasteiger partial charge in [0.05, 0.1) is 42.7 Å². The third-order valence-corrected chi connectivity index (χ3v) is 15.8. The summed E-state index contributed by atoms with van der Waals surface area (Å²) in [4.78, 5) is 127. The highest BCUT2D eigenvalue weighted by Crippen LogP contribution is 2.30. The van der Waals surface area contributed by atoms with Gasteiger partial charge >= 0.3 is 5.97 Å². The number of hydrogen-bond acceptors (Lipinski definition) is 13. The molecule has 0 bridgehead atoms. The van der Waals surface area contributed by atoms with Gasteiger partial charge < -0.3 is 45.3 Å². The molecule has 4 N–H and O–H groups in total. The van der Waals surface area contributed by atoms with E-state index in [1.807, 2.05) is 121 Å². The highest BCUT2D eigenvalue weighted by Gasteiger charge is 2.44. The van der Waals surface area contributed by atoms with E-state index in [2.05, 4.69) is 21.3 Å². The van der Waals surface area contributed by atoms with Crippen LogP contribution in [0.1, 0.15) is 131 Å². The summed E-state index contributed by atoms with van der Waals surface area (Å²) in [5.74, 6) is -5.21. The molecular formula is C61H93N7O12. The van der Waals surface area contributed by atoms with Gasteiger partial charge in [-0.05, 0) is 74.1 Å². The van der Waals surface area contributed by atoms with Crippen molar-refractivity contribution < 1.29 is 57.4 Å². The van der Waals surface area contributed by atoms with E-state index >= 15 is 0 Å². The Kier molecular flexibility index (Phi) is 26.9. The first-order chi connectivity index (χ1) is 37.9. The second-order valence-electron chi connectivity index (χ2n) is 23.0. The second kappa shape index (κ2) is 32.4. The number of ketones is 2. The summed E-state index contributed by atoms with van der Waals surface area (Å²) in [6, 6.07) is 14.4. The van der Waals surface area contributed by atoms with E-state index < -0.39 is 83.9 Å². The average Bonchev–Trinajstić information content (AvgIpc) is 4.04. The molecule has 444 valence electrons. The standard InChI is InChI=1S/C61H93N7O12/c1-14-40(8)54(67(11)60(76)52(38(4)5)65-59(75)53(39(6)7)66(10)31-22-28-50(71)63-45(33-37(2)3)61(77)80-56-47(69)29-30-48(56)70)49(78-12)35-51(72)68-32-21-27-46(68)55(79-13)41(9)57(73)64-44(34-42-23-17-15-18-24-42)58(74)62-36-43-25-19-16-20-26-43/h15-20,23-26,37-41,44-46,49,52-56H,14,21-22,27-36H2,1-13H3,(H,62,74)(H,63,71)(H,64,73)(H,65,75)/t40-,41+,44-,45+,46-,49+,52-,53-,54-,55+/m0/s1. The third-order valence-electron chi connectivity index (χ3n) is 15.8. The lowest BCUT2D eigenvalue weighted by Gasteiger charge is -2.41. The van der Waals surface area contributed by atoms with Gasteiger partial charge in [0, 0.05) is 60.0 Å². The number of methoxy groups -OCH3 is 2. The smallest absolute Gasteiger partial charge is 0.329 e. The summed E-state index contributed by atoms with van der Waals surface area (Å²) in [7, 11) is 6.51. The number of hydrogen-bond donors (Lipinski definition) is 4. The molecule has 2 fully saturated rings. The lowest BCUT2D eigenvalue weighted by molar-refractivity contribution is -0.160. The van der Waals surface area contributed by atoms with E-state index in [-0.39, 0.29) is 91.7 Å². The van der Waals surface area contributed by atoms with Gasteiger partial charge in [-0.1, -0.05) is 129 Å². The van der Waals surface area contributed by atoms with Crippen molar-refractivity contribution in [2.24, 2.45) is 29.6 Å². The van der Waals surface area contributed by atoms with Crippen molar-refractivity contribution in [2.75, 3.05) is 41.4 Å². The summed E-state index contributed by atoms with van der Waals surface area (Å²) >= 11 is 0. The minimum absolute atomic E-state index is 0.00544. The van der Waals surface area contributed by atoms with Crippen molar-refractivity contribution in [3.63, 3.8) is 0 Å². The molecule has 6 amide bonds. The van der Waals surface area contributed by atoms with Crippen molar-refractivity contribution in [1.29, 1.82) is 0 Å². The van der Waals surface area contributed by atoms with Crippen LogP contribution in [-0.4, -0.2) is 164 Å². The number of benzene rings is 2. The Morgan fingerprint density at radius 3 is 1.90 bits per heavy atom. The first-order valence-electron chi connectivity index (χ1n) is 28.8. The lowest BCUT2D eigenvalue weighted by Crippen LogP contribution is -2.60. The normalized spacial score (nSPS) is 18.3. The molecule has 2 aromatic carbocycles. The number of Topliss-reactive ketones (excluding diaryl/α,β-unsaturated/α-hetero) is 2. The summed E-state index contributed by atoms with van der Waals surface area (Å²) in [5.41, 5.74) is 1.80. The molecule has 80 heavy (non-hydrogen) atoms. The minimum atomic E-state index is -1.43. The Morgan fingerprint density at radius 1 is 0.738 bits per heavy atom. The van der Waals surface area contributed by atoms with Crippen LogP contribution in [-0.2, 0) is 70.3 Å². The second-order valence-corrected chi connectivity index (χ2v) is 23.0. The molecule has 19 heteroatoms. The van der Waals surface area contributed by atoms with Crippen LogP contribution in [0.4, 0.5) is 0 Å². The van der Waals surface area contributed by atoms with Crippen molar-refractivity contribution in [2.45, 2.75) is 188 Å². The molecule has 1 heterocycles. The predicted octanol–water partition coefficient (Wildman–Crippen LogP) is 5.20. The summed E-state index contributed by atoms with van der Waals surface area (Å²) < 4.78 is 17.5. The first kappa shape index (κ1) is 66.5. The largest absolute Gasteiger partial charge is 0.445 e. The van der Waals surface area contributed by atoms with E-state index in [0.717, 1.165) is 11.1 Å². The summed E-state index contributed by atoms with van der Waals surface area (Å²) in [6.07, 6.45) is -0.135. The molecule has 0 aromatic heterocycles. The molecule has 1 saturated heterocycles. The molecule has 0 unspecified atom stereocenters. The monoisotopic (exact) mass is 1120 g/mol. The molecule has 1 aliphatic heterocycles. The van der Waals surface area contributed by atoms with Crippen LogP contribution in [0.3, 0.4) is 0 Å². The third kappa shape index (κ3) is 19.0. The number of carbonyl (C=O) groups excluding carboxylic acids is 9. The van der Waals surface area contributed by atoms with E-state index in [0.29, 0.717) is 45.3 Å². The maximum absolute atomic E-state index is 14.8. The first-order valence-corrected chi connectivity index (χ1v) is 28.8. The highest BCUT2D eigenvalue weighted by atomic mass is 16.6. The Balaban J connectivity index is 1.42. The zero-order valence-electron chi connectivity index (χ0n) is 49.8. The lowest BCUT2D eigenvalue weighted by atomic mass is 9.89. The van der Waals surface area contributed by atoms with Crippen LogP contribution >= 0.6 is 0 Å². The van der Waals surface area contributed by atoms with Crippen LogP contribution in [0.15, 0.2) is 60.7 Å². The van der Waals surface area contributed by atoms with E-state index in [1.165, 1.54) is 14.2 Å². The van der Waals surface area contributed by atoms with Gasteiger partial charge in [-0.3, -0.25) is 43.3 Å². The molecule has 10 atom stereocenters. The van der Waals surface area contributed by atoms with Crippen LogP contribution in [0.5, 0.6) is 0 Å². The number of amides is 6. The summed E-state index contributed by atoms with van der Waals surface area (Å²) in [6.45, 7) is 18.1. The van der Waals surface area contributed by atoms with Gasteiger partial charge in [-0.2, -0.15) is 0 Å². The molecule has 1 saturated carbocycles. The van der Waals surface area contributed by atoms with E-state index in [9.17, 15) is 43.2 Å². The zero-order valence-corrected chi connectivity index (χ0v) is 49.8. The molecule has 2 aliphatic rings. The van der Waals surface area contributed by atoms with Crippen molar-refractivity contribution >= 4 is 53.0 Å². The van der Waals surface area contributed by atoms with E-state index in [4.69, 9.17) is 14.2 Å². The Morgan fingerprint density at radius 2 is 1.35 bits per heavy atom. The van der Waals surface area contributed by atoms with Gasteiger partial charge in [0.2, 0.25) is 41.5 Å². The van der Waals surface area contributed by atoms with Crippen molar-refractivity contribution in [3.05, 3.63) is 71.8 Å². The number of ether oxygens (including phenoxy) is 3. The molecule has 4 rings (SSSR count). The molecule has 0 spiro atoms. The minimum Gasteiger partial charge on any atom is -0.445 e. The number of esters is 1. The number of nitrogens with one attached hydrogen (secondary N) is 4. The van der Waals surface area contributed by atoms with Gasteiger partial charge in [-0.15, -0.1) is 0 Å². The number of likely N-dealkylation sites (tertiary alicyclic amines) is 1. The SMILES string of the molecule is CC[C@H](C)[C@@H]([C@@H](CC(=O)N1CCC[C@H]1[C@H](OC)[C@@H](C)C(=O)N[C@@H](Cc1ccccc1)C(=O)NCc1ccccc1)OC)N(C)C(=O)[C@@H](NC(=O)[C@H](C(C)C)N(C)CCCC(=O)N[C@H](CC(C)C)C(=O)OC1C(=O)CCC1=O)C(C)C. The van der Waals surface area contributed by atoms with Gasteiger partial charge in [0.25, 0.3) is 0 Å². The molecular weight excluding hydrogens is 1020 g/mol. The maximum Gasteiger partial charge on any atom is 0.329 e. The van der Waals surface area contributed by atoms with E-state index in [1.54, 1.807) is 30.8 Å². The fraction of sp³-hybridized carbons (Fsp3) is 0.656.